The Labute approximate surface area is 180 Å². The van der Waals surface area contributed by atoms with Crippen LogP contribution in [0.15, 0.2) is 66.7 Å². The van der Waals surface area contributed by atoms with E-state index in [1.54, 1.807) is 13.0 Å². The molecule has 0 atom stereocenters. The van der Waals surface area contributed by atoms with Gasteiger partial charge in [0.15, 0.2) is 11.3 Å². The predicted molar refractivity (Wildman–Crippen MR) is 123 cm³/mol. The number of aryl methyl sites for hydroxylation is 1. The molecular weight excluding hydrogens is 387 g/mol. The smallest absolute Gasteiger partial charge is 0.199 e. The number of imidazole rings is 1. The lowest BCUT2D eigenvalue weighted by atomic mass is 9.87. The van der Waals surface area contributed by atoms with Crippen LogP contribution in [0.5, 0.6) is 0 Å². The Bertz CT molecular complexity index is 1430. The molecule has 0 unspecified atom stereocenters. The molecule has 0 fully saturated rings. The van der Waals surface area contributed by atoms with Gasteiger partial charge >= 0.3 is 0 Å². The van der Waals surface area contributed by atoms with Crippen LogP contribution in [-0.4, -0.2) is 19.5 Å². The van der Waals surface area contributed by atoms with Gasteiger partial charge in [0.05, 0.1) is 16.7 Å². The molecule has 0 amide bonds. The molecule has 0 aliphatic rings. The Morgan fingerprint density at radius 1 is 0.806 bits per heavy atom. The van der Waals surface area contributed by atoms with Gasteiger partial charge in [-0.15, -0.1) is 0 Å². The summed E-state index contributed by atoms with van der Waals surface area (Å²) in [5, 5.41) is 0. The van der Waals surface area contributed by atoms with Gasteiger partial charge in [-0.3, -0.25) is 4.57 Å². The highest BCUT2D eigenvalue weighted by Gasteiger charge is 2.19. The first-order valence-electron chi connectivity index (χ1n) is 10.3. The Kier molecular flexibility index (Phi) is 4.36. The normalized spacial score (nSPS) is 12.0. The fourth-order valence-corrected chi connectivity index (χ4v) is 3.74. The summed E-state index contributed by atoms with van der Waals surface area (Å²) >= 11 is 0. The maximum atomic E-state index is 14.5. The molecular formula is C26H23FN4. The molecule has 31 heavy (non-hydrogen) atoms. The molecule has 4 nitrogen and oxygen atoms in total. The van der Waals surface area contributed by atoms with Crippen LogP contribution in [0.2, 0.25) is 0 Å². The van der Waals surface area contributed by atoms with Crippen molar-refractivity contribution in [1.82, 2.24) is 19.5 Å². The lowest BCUT2D eigenvalue weighted by molar-refractivity contribution is 0.590. The molecule has 0 saturated carbocycles. The predicted octanol–water partition coefficient (Wildman–Crippen LogP) is 6.38. The number of hydrogen-bond acceptors (Lipinski definition) is 3. The highest BCUT2D eigenvalue weighted by Crippen LogP contribution is 2.31. The van der Waals surface area contributed by atoms with Crippen LogP contribution >= 0.6 is 0 Å². The second kappa shape index (κ2) is 6.98. The maximum Gasteiger partial charge on any atom is 0.199 e. The summed E-state index contributed by atoms with van der Waals surface area (Å²) in [6, 6.07) is 21.3. The van der Waals surface area contributed by atoms with E-state index in [1.807, 2.05) is 34.9 Å². The fraction of sp³-hybridized carbons (Fsp3) is 0.192. The van der Waals surface area contributed by atoms with E-state index in [0.717, 1.165) is 16.6 Å². The lowest BCUT2D eigenvalue weighted by Gasteiger charge is -2.19. The fourth-order valence-electron chi connectivity index (χ4n) is 3.74. The number of nitrogens with zero attached hydrogens (tertiary/aromatic N) is 4. The highest BCUT2D eigenvalue weighted by molar-refractivity contribution is 5.86. The van der Waals surface area contributed by atoms with Gasteiger partial charge in [-0.1, -0.05) is 63.2 Å². The van der Waals surface area contributed by atoms with Gasteiger partial charge in [0.2, 0.25) is 0 Å². The number of rotatable bonds is 2. The van der Waals surface area contributed by atoms with Crippen LogP contribution in [-0.2, 0) is 5.41 Å². The quantitative estimate of drug-likeness (QED) is 0.339. The zero-order valence-electron chi connectivity index (χ0n) is 18.0. The third-order valence-corrected chi connectivity index (χ3v) is 5.59. The molecule has 0 aliphatic heterocycles. The van der Waals surface area contributed by atoms with Crippen molar-refractivity contribution in [3.8, 4) is 17.1 Å². The number of hydrogen-bond donors (Lipinski definition) is 0. The maximum absolute atomic E-state index is 14.5. The summed E-state index contributed by atoms with van der Waals surface area (Å²) in [5.41, 5.74) is 6.19. The van der Waals surface area contributed by atoms with E-state index in [-0.39, 0.29) is 11.2 Å². The first kappa shape index (κ1) is 19.4. The second-order valence-corrected chi connectivity index (χ2v) is 8.89. The van der Waals surface area contributed by atoms with Gasteiger partial charge in [-0.2, -0.15) is 0 Å². The standard InChI is InChI=1S/C26H23FN4/c1-16-9-14-19(15-20(16)27)31-24(17-10-12-18(13-11-17)26(2,3)4)30-23-25(31)29-22-8-6-5-7-21(22)28-23/h5-15H,1-4H3. The van der Waals surface area contributed by atoms with E-state index in [4.69, 9.17) is 15.0 Å². The largest absolute Gasteiger partial charge is 0.275 e. The van der Waals surface area contributed by atoms with Crippen molar-refractivity contribution in [3.05, 3.63) is 83.7 Å². The van der Waals surface area contributed by atoms with Crippen molar-refractivity contribution in [3.63, 3.8) is 0 Å². The van der Waals surface area contributed by atoms with E-state index < -0.39 is 0 Å². The zero-order chi connectivity index (χ0) is 21.8. The average Bonchev–Trinajstić information content (AvgIpc) is 3.12. The molecule has 0 saturated heterocycles. The van der Waals surface area contributed by atoms with Crippen molar-refractivity contribution in [1.29, 1.82) is 0 Å². The van der Waals surface area contributed by atoms with Crippen LogP contribution in [0.3, 0.4) is 0 Å². The molecule has 5 heteroatoms. The molecule has 0 N–H and O–H groups in total. The van der Waals surface area contributed by atoms with Gasteiger partial charge in [-0.25, -0.2) is 19.3 Å². The van der Waals surface area contributed by atoms with Gasteiger partial charge in [0, 0.05) is 5.56 Å². The molecule has 2 heterocycles. The molecule has 0 spiro atoms. The van der Waals surface area contributed by atoms with Crippen molar-refractivity contribution >= 4 is 22.3 Å². The average molecular weight is 410 g/mol. The summed E-state index contributed by atoms with van der Waals surface area (Å²) < 4.78 is 16.4. The van der Waals surface area contributed by atoms with E-state index in [9.17, 15) is 4.39 Å². The van der Waals surface area contributed by atoms with E-state index >= 15 is 0 Å². The topological polar surface area (TPSA) is 43.6 Å². The Balaban J connectivity index is 1.80. The van der Waals surface area contributed by atoms with Crippen LogP contribution in [0.25, 0.3) is 39.4 Å². The van der Waals surface area contributed by atoms with Crippen LogP contribution < -0.4 is 0 Å². The van der Waals surface area contributed by atoms with Crippen LogP contribution in [0, 0.1) is 12.7 Å². The Morgan fingerprint density at radius 2 is 1.48 bits per heavy atom. The molecule has 5 rings (SSSR count). The van der Waals surface area contributed by atoms with Gasteiger partial charge < -0.3 is 0 Å². The lowest BCUT2D eigenvalue weighted by Crippen LogP contribution is -2.10. The molecule has 0 aliphatic carbocycles. The minimum Gasteiger partial charge on any atom is -0.275 e. The van der Waals surface area contributed by atoms with E-state index in [0.29, 0.717) is 28.4 Å². The van der Waals surface area contributed by atoms with Crippen LogP contribution in [0.4, 0.5) is 4.39 Å². The van der Waals surface area contributed by atoms with Gasteiger partial charge in [-0.05, 0) is 47.7 Å². The number of benzene rings is 3. The number of halogens is 1. The third kappa shape index (κ3) is 3.36. The van der Waals surface area contributed by atoms with E-state index in [1.165, 1.54) is 11.6 Å². The molecule has 154 valence electrons. The minimum absolute atomic E-state index is 0.0551. The Hall–Kier alpha value is -3.60. The molecule has 3 aromatic carbocycles. The van der Waals surface area contributed by atoms with Gasteiger partial charge in [0.1, 0.15) is 11.6 Å². The number of fused-ring (bicyclic) bond motifs is 2. The summed E-state index contributed by atoms with van der Waals surface area (Å²) in [7, 11) is 0. The molecule has 2 aromatic heterocycles. The summed E-state index contributed by atoms with van der Waals surface area (Å²) in [6.45, 7) is 8.31. The minimum atomic E-state index is -0.262. The van der Waals surface area contributed by atoms with E-state index in [2.05, 4.69) is 45.0 Å². The monoisotopic (exact) mass is 410 g/mol. The zero-order valence-corrected chi connectivity index (χ0v) is 18.0. The summed E-state index contributed by atoms with van der Waals surface area (Å²) in [6.07, 6.45) is 0. The molecule has 0 bridgehead atoms. The van der Waals surface area contributed by atoms with Crippen molar-refractivity contribution in [2.75, 3.05) is 0 Å². The SMILES string of the molecule is Cc1ccc(-n2c(-c3ccc(C(C)(C)C)cc3)nc3nc4ccccc4nc32)cc1F. The Morgan fingerprint density at radius 3 is 2.13 bits per heavy atom. The summed E-state index contributed by atoms with van der Waals surface area (Å²) in [4.78, 5) is 14.4. The molecule has 0 radical (unpaired) electrons. The first-order valence-corrected chi connectivity index (χ1v) is 10.3. The van der Waals surface area contributed by atoms with Crippen molar-refractivity contribution in [2.24, 2.45) is 0 Å². The van der Waals surface area contributed by atoms with Gasteiger partial charge in [0.25, 0.3) is 0 Å². The third-order valence-electron chi connectivity index (χ3n) is 5.59. The first-order chi connectivity index (χ1) is 14.8. The number of para-hydroxylation sites is 2. The number of aromatic nitrogens is 4. The highest BCUT2D eigenvalue weighted by atomic mass is 19.1. The summed E-state index contributed by atoms with van der Waals surface area (Å²) in [5.74, 6) is 0.427. The second-order valence-electron chi connectivity index (χ2n) is 8.89. The molecule has 5 aromatic rings. The van der Waals surface area contributed by atoms with Crippen molar-refractivity contribution < 1.29 is 4.39 Å². The van der Waals surface area contributed by atoms with Crippen LogP contribution in [0.1, 0.15) is 31.9 Å². The van der Waals surface area contributed by atoms with Crippen molar-refractivity contribution in [2.45, 2.75) is 33.1 Å².